The summed E-state index contributed by atoms with van der Waals surface area (Å²) >= 11 is 6.09. The quantitative estimate of drug-likeness (QED) is 0.860. The fourth-order valence-corrected chi connectivity index (χ4v) is 4.61. The van der Waals surface area contributed by atoms with E-state index in [0.717, 1.165) is 5.56 Å². The molecule has 1 N–H and O–H groups in total. The van der Waals surface area contributed by atoms with Crippen LogP contribution in [0, 0.1) is 12.8 Å². The van der Waals surface area contributed by atoms with E-state index in [1.54, 1.807) is 23.7 Å². The topological polar surface area (TPSA) is 84.3 Å². The average molecular weight is 397 g/mol. The highest BCUT2D eigenvalue weighted by Gasteiger charge is 2.34. The van der Waals surface area contributed by atoms with Crippen LogP contribution in [0.15, 0.2) is 35.7 Å². The number of piperidine rings is 1. The number of hydrogen-bond acceptors (Lipinski definition) is 4. The molecule has 1 fully saturated rings. The Kier molecular flexibility index (Phi) is 5.36. The molecule has 1 saturated heterocycles. The molecule has 1 atom stereocenters. The van der Waals surface area contributed by atoms with Crippen molar-refractivity contribution >= 4 is 33.2 Å². The molecule has 2 heterocycles. The zero-order valence-electron chi connectivity index (χ0n) is 14.6. The van der Waals surface area contributed by atoms with Crippen molar-refractivity contribution in [2.45, 2.75) is 24.8 Å². The Balaban J connectivity index is 1.71. The van der Waals surface area contributed by atoms with Crippen LogP contribution >= 0.6 is 11.6 Å². The normalized spacial score (nSPS) is 18.7. The smallest absolute Gasteiger partial charge is 0.262 e. The van der Waals surface area contributed by atoms with Crippen molar-refractivity contribution in [1.29, 1.82) is 0 Å². The molecular formula is C17H21ClN4O3S. The molecule has 0 spiro atoms. The van der Waals surface area contributed by atoms with E-state index >= 15 is 0 Å². The number of anilines is 1. The fraction of sp³-hybridized carbons (Fsp3) is 0.412. The number of carbonyl (C=O) groups excluding carboxylic acids is 1. The Morgan fingerprint density at radius 1 is 1.38 bits per heavy atom. The first-order chi connectivity index (χ1) is 12.3. The van der Waals surface area contributed by atoms with Crippen molar-refractivity contribution in [2.75, 3.05) is 18.4 Å². The third-order valence-electron chi connectivity index (χ3n) is 4.48. The molecule has 0 aliphatic carbocycles. The van der Waals surface area contributed by atoms with Crippen molar-refractivity contribution in [3.63, 3.8) is 0 Å². The number of hydrogen-bond donors (Lipinski definition) is 1. The molecule has 1 amide bonds. The number of imidazole rings is 1. The lowest BCUT2D eigenvalue weighted by molar-refractivity contribution is -0.120. The monoisotopic (exact) mass is 396 g/mol. The lowest BCUT2D eigenvalue weighted by atomic mass is 9.98. The molecule has 1 unspecified atom stereocenters. The number of benzene rings is 1. The number of amides is 1. The number of nitrogens with one attached hydrogen (secondary N) is 1. The van der Waals surface area contributed by atoms with Gasteiger partial charge in [-0.1, -0.05) is 17.7 Å². The highest BCUT2D eigenvalue weighted by Crippen LogP contribution is 2.25. The van der Waals surface area contributed by atoms with Gasteiger partial charge in [0, 0.05) is 37.0 Å². The van der Waals surface area contributed by atoms with E-state index in [1.165, 1.54) is 16.8 Å². The lowest BCUT2D eigenvalue weighted by Crippen LogP contribution is -2.43. The number of halogens is 1. The maximum Gasteiger partial charge on any atom is 0.262 e. The summed E-state index contributed by atoms with van der Waals surface area (Å²) in [7, 11) is -1.98. The maximum absolute atomic E-state index is 12.7. The molecule has 0 bridgehead atoms. The minimum absolute atomic E-state index is 0.00590. The van der Waals surface area contributed by atoms with Crippen LogP contribution < -0.4 is 5.32 Å². The van der Waals surface area contributed by atoms with Gasteiger partial charge in [0.2, 0.25) is 5.91 Å². The van der Waals surface area contributed by atoms with E-state index < -0.39 is 15.9 Å². The molecule has 3 rings (SSSR count). The van der Waals surface area contributed by atoms with Gasteiger partial charge in [-0.25, -0.2) is 13.4 Å². The molecule has 2 aromatic rings. The summed E-state index contributed by atoms with van der Waals surface area (Å²) in [6.07, 6.45) is 4.17. The summed E-state index contributed by atoms with van der Waals surface area (Å²) in [4.78, 5) is 16.5. The average Bonchev–Trinajstić information content (AvgIpc) is 3.05. The van der Waals surface area contributed by atoms with Crippen LogP contribution in [0.1, 0.15) is 18.4 Å². The van der Waals surface area contributed by atoms with Crippen molar-refractivity contribution in [3.8, 4) is 0 Å². The van der Waals surface area contributed by atoms with Gasteiger partial charge in [0.15, 0.2) is 5.03 Å². The van der Waals surface area contributed by atoms with Gasteiger partial charge in [0.25, 0.3) is 10.0 Å². The first kappa shape index (κ1) is 18.9. The van der Waals surface area contributed by atoms with E-state index in [2.05, 4.69) is 10.3 Å². The largest absolute Gasteiger partial charge is 0.339 e. The zero-order chi connectivity index (χ0) is 18.9. The number of aryl methyl sites for hydroxylation is 2. The van der Waals surface area contributed by atoms with Crippen molar-refractivity contribution in [3.05, 3.63) is 41.3 Å². The van der Waals surface area contributed by atoms with E-state index in [9.17, 15) is 13.2 Å². The van der Waals surface area contributed by atoms with Gasteiger partial charge < -0.3 is 9.88 Å². The second kappa shape index (κ2) is 7.38. The minimum Gasteiger partial charge on any atom is -0.339 e. The summed E-state index contributed by atoms with van der Waals surface area (Å²) < 4.78 is 28.3. The summed E-state index contributed by atoms with van der Waals surface area (Å²) in [5.74, 6) is -0.617. The van der Waals surface area contributed by atoms with Gasteiger partial charge in [-0.05, 0) is 37.5 Å². The van der Waals surface area contributed by atoms with Crippen LogP contribution in [0.2, 0.25) is 5.02 Å². The molecule has 0 radical (unpaired) electrons. The van der Waals surface area contributed by atoms with Crippen LogP contribution in [0.3, 0.4) is 0 Å². The Labute approximate surface area is 158 Å². The maximum atomic E-state index is 12.7. The molecule has 1 aliphatic heterocycles. The third kappa shape index (κ3) is 3.92. The molecule has 1 aliphatic rings. The van der Waals surface area contributed by atoms with E-state index in [1.807, 2.05) is 13.0 Å². The number of carbonyl (C=O) groups is 1. The Morgan fingerprint density at radius 3 is 2.81 bits per heavy atom. The summed E-state index contributed by atoms with van der Waals surface area (Å²) in [6.45, 7) is 2.42. The highest BCUT2D eigenvalue weighted by molar-refractivity contribution is 7.89. The Morgan fingerprint density at radius 2 is 2.15 bits per heavy atom. The van der Waals surface area contributed by atoms with Gasteiger partial charge in [0.05, 0.1) is 12.2 Å². The van der Waals surface area contributed by atoms with E-state index in [4.69, 9.17) is 11.6 Å². The van der Waals surface area contributed by atoms with Crippen LogP contribution in [0.5, 0.6) is 0 Å². The molecule has 1 aromatic heterocycles. The van der Waals surface area contributed by atoms with Crippen molar-refractivity contribution in [1.82, 2.24) is 13.9 Å². The minimum atomic E-state index is -3.69. The number of aromatic nitrogens is 2. The van der Waals surface area contributed by atoms with Crippen LogP contribution in [-0.4, -0.2) is 41.3 Å². The van der Waals surface area contributed by atoms with E-state index in [0.29, 0.717) is 30.1 Å². The predicted molar refractivity (Wildman–Crippen MR) is 99.5 cm³/mol. The SMILES string of the molecule is Cc1ccc(NC(=O)C2CCCN(S(=O)(=O)c3cn(C)cn3)C2)cc1Cl. The molecule has 1 aromatic carbocycles. The van der Waals surface area contributed by atoms with Crippen molar-refractivity contribution < 1.29 is 13.2 Å². The second-order valence-corrected chi connectivity index (χ2v) is 8.82. The van der Waals surface area contributed by atoms with Gasteiger partial charge in [-0.15, -0.1) is 0 Å². The lowest BCUT2D eigenvalue weighted by Gasteiger charge is -2.30. The first-order valence-corrected chi connectivity index (χ1v) is 10.1. The van der Waals surface area contributed by atoms with Crippen LogP contribution in [-0.2, 0) is 21.9 Å². The zero-order valence-corrected chi connectivity index (χ0v) is 16.2. The van der Waals surface area contributed by atoms with Crippen LogP contribution in [0.4, 0.5) is 5.69 Å². The Bertz CT molecular complexity index is 926. The predicted octanol–water partition coefficient (Wildman–Crippen LogP) is 2.42. The molecular weight excluding hydrogens is 376 g/mol. The van der Waals surface area contributed by atoms with Gasteiger partial charge >= 0.3 is 0 Å². The van der Waals surface area contributed by atoms with Crippen LogP contribution in [0.25, 0.3) is 0 Å². The van der Waals surface area contributed by atoms with E-state index in [-0.39, 0.29) is 17.5 Å². The number of nitrogens with zero attached hydrogens (tertiary/aromatic N) is 3. The highest BCUT2D eigenvalue weighted by atomic mass is 35.5. The summed E-state index contributed by atoms with van der Waals surface area (Å²) in [5.41, 5.74) is 1.53. The number of rotatable bonds is 4. The molecule has 0 saturated carbocycles. The van der Waals surface area contributed by atoms with Gasteiger partial charge in [0.1, 0.15) is 0 Å². The molecule has 26 heavy (non-hydrogen) atoms. The number of sulfonamides is 1. The van der Waals surface area contributed by atoms with Gasteiger partial charge in [-0.2, -0.15) is 4.31 Å². The summed E-state index contributed by atoms with van der Waals surface area (Å²) in [5, 5.41) is 3.41. The van der Waals surface area contributed by atoms with Gasteiger partial charge in [-0.3, -0.25) is 4.79 Å². The molecule has 140 valence electrons. The molecule has 7 nitrogen and oxygen atoms in total. The summed E-state index contributed by atoms with van der Waals surface area (Å²) in [6, 6.07) is 5.31. The molecule has 9 heteroatoms. The first-order valence-electron chi connectivity index (χ1n) is 8.32. The van der Waals surface area contributed by atoms with Crippen molar-refractivity contribution in [2.24, 2.45) is 13.0 Å². The third-order valence-corrected chi connectivity index (χ3v) is 6.64. The Hall–Kier alpha value is -1.90. The standard InChI is InChI=1S/C17H21ClN4O3S/c1-12-5-6-14(8-15(12)18)20-17(23)13-4-3-7-22(9-13)26(24,25)16-10-21(2)11-19-16/h5-6,8,10-11,13H,3-4,7,9H2,1-2H3,(H,20,23). The second-order valence-electron chi connectivity index (χ2n) is 6.53. The fourth-order valence-electron chi connectivity index (χ4n) is 2.94.